The van der Waals surface area contributed by atoms with E-state index in [4.69, 9.17) is 19.8 Å². The molecule has 0 aliphatic rings. The first kappa shape index (κ1) is 32.3. The van der Waals surface area contributed by atoms with Crippen LogP contribution in [0.4, 0.5) is 11.4 Å². The van der Waals surface area contributed by atoms with Crippen molar-refractivity contribution in [2.75, 3.05) is 17.2 Å². The number of nitrogens with two attached hydrogens (primary N) is 2. The summed E-state index contributed by atoms with van der Waals surface area (Å²) < 4.78 is 62.5. The van der Waals surface area contributed by atoms with Gasteiger partial charge >= 0.3 is 5.97 Å². The number of benzene rings is 4. The van der Waals surface area contributed by atoms with Gasteiger partial charge in [0.1, 0.15) is 21.3 Å². The Morgan fingerprint density at radius 2 is 1.25 bits per heavy atom. The van der Waals surface area contributed by atoms with E-state index in [0.717, 1.165) is 18.9 Å². The predicted molar refractivity (Wildman–Crippen MR) is 166 cm³/mol. The number of hydrogen-bond acceptors (Lipinski definition) is 9. The third-order valence-electron chi connectivity index (χ3n) is 6.28. The molecule has 7 N–H and O–H groups in total. The molecule has 0 aliphatic heterocycles. The van der Waals surface area contributed by atoms with Gasteiger partial charge in [-0.15, -0.1) is 0 Å². The Bertz CT molecular complexity index is 1850. The minimum atomic E-state index is -4.45. The molecule has 232 valence electrons. The van der Waals surface area contributed by atoms with Gasteiger partial charge in [0.05, 0.1) is 16.9 Å². The van der Waals surface area contributed by atoms with Crippen LogP contribution in [0.2, 0.25) is 0 Å². The van der Waals surface area contributed by atoms with E-state index in [-0.39, 0.29) is 39.9 Å². The van der Waals surface area contributed by atoms with Crippen molar-refractivity contribution in [1.29, 1.82) is 0 Å². The molecule has 0 unspecified atom stereocenters. The summed E-state index contributed by atoms with van der Waals surface area (Å²) in [7, 11) is -8.74. The van der Waals surface area contributed by atoms with Crippen LogP contribution in [0.3, 0.4) is 0 Å². The molecule has 44 heavy (non-hydrogen) atoms. The van der Waals surface area contributed by atoms with Crippen LogP contribution in [0, 0.1) is 0 Å². The van der Waals surface area contributed by atoms with Crippen LogP contribution in [-0.4, -0.2) is 34.5 Å². The highest BCUT2D eigenvalue weighted by Crippen LogP contribution is 2.40. The summed E-state index contributed by atoms with van der Waals surface area (Å²) in [6.45, 7) is 2.42. The van der Waals surface area contributed by atoms with Crippen molar-refractivity contribution in [3.05, 3.63) is 96.1 Å². The molecule has 4 rings (SSSR count). The van der Waals surface area contributed by atoms with Gasteiger partial charge in [0.15, 0.2) is 11.5 Å². The zero-order chi connectivity index (χ0) is 31.9. The Morgan fingerprint density at radius 1 is 0.750 bits per heavy atom. The number of unbranched alkanes of at least 4 members (excludes halogenated alkanes) is 1. The Labute approximate surface area is 255 Å². The van der Waals surface area contributed by atoms with Gasteiger partial charge in [-0.3, -0.25) is 0 Å². The number of primary sulfonamides is 2. The number of sulfonamides is 2. The van der Waals surface area contributed by atoms with Gasteiger partial charge in [0, 0.05) is 13.1 Å². The highest BCUT2D eigenvalue weighted by molar-refractivity contribution is 7.89. The number of hydrogen-bond donors (Lipinski definition) is 5. The summed E-state index contributed by atoms with van der Waals surface area (Å²) in [4.78, 5) is 11.0. The maximum atomic E-state index is 12.8. The fourth-order valence-corrected chi connectivity index (χ4v) is 5.62. The number of nitrogens with one attached hydrogen (secondary N) is 2. The molecule has 0 fully saturated rings. The Balaban J connectivity index is 1.81. The monoisotopic (exact) mass is 640 g/mol. The highest BCUT2D eigenvalue weighted by atomic mass is 32.2. The lowest BCUT2D eigenvalue weighted by Gasteiger charge is -2.20. The first-order valence-corrected chi connectivity index (χ1v) is 16.5. The molecular weight excluding hydrogens is 608 g/mol. The van der Waals surface area contributed by atoms with Crippen LogP contribution in [0.25, 0.3) is 0 Å². The SMILES string of the molecule is CCCCNc1cc(CNc2cc(C(=O)O)cc(S(N)(=O)=O)c2Oc2ccccc2)cc(S(N)(=O)=O)c1Oc1ccccc1. The van der Waals surface area contributed by atoms with Crippen LogP contribution in [0.5, 0.6) is 23.0 Å². The zero-order valence-electron chi connectivity index (χ0n) is 23.7. The molecule has 14 heteroatoms. The summed E-state index contributed by atoms with van der Waals surface area (Å²) in [5.41, 5.74) is 0.378. The van der Waals surface area contributed by atoms with E-state index in [1.165, 1.54) is 12.1 Å². The smallest absolute Gasteiger partial charge is 0.335 e. The number of aromatic carboxylic acids is 1. The van der Waals surface area contributed by atoms with E-state index in [0.29, 0.717) is 23.5 Å². The number of para-hydroxylation sites is 2. The first-order valence-electron chi connectivity index (χ1n) is 13.4. The number of ether oxygens (including phenoxy) is 2. The maximum absolute atomic E-state index is 12.8. The second-order valence-corrected chi connectivity index (χ2v) is 12.7. The summed E-state index contributed by atoms with van der Waals surface area (Å²) >= 11 is 0. The molecule has 0 saturated heterocycles. The lowest BCUT2D eigenvalue weighted by atomic mass is 10.1. The second-order valence-electron chi connectivity index (χ2n) is 9.68. The number of rotatable bonds is 14. The molecule has 0 bridgehead atoms. The molecule has 0 heterocycles. The number of anilines is 2. The fourth-order valence-electron chi connectivity index (χ4n) is 4.19. The van der Waals surface area contributed by atoms with Gasteiger partial charge in [-0.05, 0) is 60.5 Å². The molecule has 0 aliphatic carbocycles. The van der Waals surface area contributed by atoms with Crippen molar-refractivity contribution in [2.24, 2.45) is 10.3 Å². The lowest BCUT2D eigenvalue weighted by Crippen LogP contribution is -2.17. The van der Waals surface area contributed by atoms with Gasteiger partial charge in [-0.25, -0.2) is 31.9 Å². The van der Waals surface area contributed by atoms with Crippen molar-refractivity contribution >= 4 is 37.4 Å². The van der Waals surface area contributed by atoms with Crippen molar-refractivity contribution in [2.45, 2.75) is 36.1 Å². The topological polar surface area (TPSA) is 200 Å². The van der Waals surface area contributed by atoms with Crippen LogP contribution in [0.1, 0.15) is 35.7 Å². The third-order valence-corrected chi connectivity index (χ3v) is 8.12. The molecule has 0 amide bonds. The summed E-state index contributed by atoms with van der Waals surface area (Å²) in [6.07, 6.45) is 1.66. The summed E-state index contributed by atoms with van der Waals surface area (Å²) in [5, 5.41) is 26.9. The van der Waals surface area contributed by atoms with E-state index in [1.54, 1.807) is 66.7 Å². The minimum absolute atomic E-state index is 0.0102. The van der Waals surface area contributed by atoms with Crippen molar-refractivity contribution < 1.29 is 36.2 Å². The second kappa shape index (κ2) is 13.8. The van der Waals surface area contributed by atoms with Gasteiger partial charge in [0.2, 0.25) is 20.0 Å². The Morgan fingerprint density at radius 3 is 1.73 bits per heavy atom. The van der Waals surface area contributed by atoms with E-state index >= 15 is 0 Å². The first-order chi connectivity index (χ1) is 20.9. The standard InChI is InChI=1S/C30H32N4O8S2/c1-2-3-14-33-24-15-20(16-26(43(31,37)38)28(24)41-22-10-6-4-7-11-22)19-34-25-17-21(30(35)36)18-27(44(32,39)40)29(25)42-23-12-8-5-9-13-23/h4-13,15-18,33-34H,2-3,14,19H2,1H3,(H,35,36)(H2,31,37,38)(H2,32,39,40). The van der Waals surface area contributed by atoms with Crippen LogP contribution < -0.4 is 30.4 Å². The minimum Gasteiger partial charge on any atom is -0.478 e. The third kappa shape index (κ3) is 8.26. The van der Waals surface area contributed by atoms with Crippen molar-refractivity contribution in [3.8, 4) is 23.0 Å². The van der Waals surface area contributed by atoms with Gasteiger partial charge < -0.3 is 25.2 Å². The quantitative estimate of drug-likeness (QED) is 0.116. The van der Waals surface area contributed by atoms with E-state index in [2.05, 4.69) is 10.6 Å². The van der Waals surface area contributed by atoms with Crippen LogP contribution in [-0.2, 0) is 26.6 Å². The predicted octanol–water partition coefficient (Wildman–Crippen LogP) is 5.09. The molecular formula is C30H32N4O8S2. The normalized spacial score (nSPS) is 11.5. The molecule has 0 atom stereocenters. The van der Waals surface area contributed by atoms with Crippen LogP contribution in [0.15, 0.2) is 94.7 Å². The average molecular weight is 641 g/mol. The molecule has 0 radical (unpaired) electrons. The average Bonchev–Trinajstić information content (AvgIpc) is 2.97. The fraction of sp³-hybridized carbons (Fsp3) is 0.167. The van der Waals surface area contributed by atoms with Crippen molar-refractivity contribution in [3.63, 3.8) is 0 Å². The van der Waals surface area contributed by atoms with E-state index < -0.39 is 30.9 Å². The highest BCUT2D eigenvalue weighted by Gasteiger charge is 2.25. The Kier molecular flexibility index (Phi) is 10.1. The number of carboxylic acid groups (broad SMARTS) is 1. The maximum Gasteiger partial charge on any atom is 0.335 e. The van der Waals surface area contributed by atoms with Gasteiger partial charge in [0.25, 0.3) is 0 Å². The lowest BCUT2D eigenvalue weighted by molar-refractivity contribution is 0.0696. The van der Waals surface area contributed by atoms with E-state index in [1.807, 2.05) is 6.92 Å². The zero-order valence-corrected chi connectivity index (χ0v) is 25.3. The summed E-state index contributed by atoms with van der Waals surface area (Å²) in [6, 6.07) is 22.0. The molecule has 0 aromatic heterocycles. The molecule has 0 saturated carbocycles. The van der Waals surface area contributed by atoms with E-state index in [9.17, 15) is 26.7 Å². The van der Waals surface area contributed by atoms with Crippen LogP contribution >= 0.6 is 0 Å². The van der Waals surface area contributed by atoms with Crippen molar-refractivity contribution in [1.82, 2.24) is 0 Å². The van der Waals surface area contributed by atoms with Gasteiger partial charge in [-0.2, -0.15) is 0 Å². The molecule has 4 aromatic rings. The summed E-state index contributed by atoms with van der Waals surface area (Å²) in [5.74, 6) is -0.960. The molecule has 0 spiro atoms. The number of carboxylic acids is 1. The largest absolute Gasteiger partial charge is 0.478 e. The molecule has 12 nitrogen and oxygen atoms in total. The number of carbonyl (C=O) groups is 1. The molecule has 4 aromatic carbocycles. The Hall–Kier alpha value is -4.63. The van der Waals surface area contributed by atoms with Gasteiger partial charge in [-0.1, -0.05) is 49.7 Å².